The number of fused-ring (bicyclic) bond motifs is 1. The molecule has 0 saturated heterocycles. The van der Waals surface area contributed by atoms with E-state index in [0.29, 0.717) is 41.4 Å². The molecule has 0 aliphatic carbocycles. The highest BCUT2D eigenvalue weighted by Gasteiger charge is 2.12. The number of aromatic amines is 1. The van der Waals surface area contributed by atoms with Gasteiger partial charge in [0.15, 0.2) is 0 Å². The van der Waals surface area contributed by atoms with Gasteiger partial charge in [-0.25, -0.2) is 15.0 Å². The van der Waals surface area contributed by atoms with Gasteiger partial charge in [0.2, 0.25) is 11.8 Å². The molecule has 5 nitrogen and oxygen atoms in total. The SMILES string of the molecule is COc1ncccc1CCc1ccc(Cc2c[nH]c3ncc(Cl)cc23)c(F)n1. The lowest BCUT2D eigenvalue weighted by molar-refractivity contribution is 0.392. The Labute approximate surface area is 166 Å². The predicted octanol–water partition coefficient (Wildman–Crippen LogP) is 4.53. The minimum Gasteiger partial charge on any atom is -0.481 e. The van der Waals surface area contributed by atoms with Gasteiger partial charge in [0, 0.05) is 47.2 Å². The summed E-state index contributed by atoms with van der Waals surface area (Å²) in [7, 11) is 1.59. The van der Waals surface area contributed by atoms with E-state index in [1.807, 2.05) is 30.5 Å². The van der Waals surface area contributed by atoms with E-state index >= 15 is 0 Å². The maximum absolute atomic E-state index is 14.6. The van der Waals surface area contributed by atoms with Crippen LogP contribution in [0, 0.1) is 5.95 Å². The number of H-pyrrole nitrogens is 1. The van der Waals surface area contributed by atoms with Crippen molar-refractivity contribution in [1.82, 2.24) is 19.9 Å². The minimum absolute atomic E-state index is 0.414. The molecule has 0 aromatic carbocycles. The fraction of sp³-hybridized carbons (Fsp3) is 0.190. The van der Waals surface area contributed by atoms with Crippen LogP contribution in [-0.2, 0) is 19.3 Å². The van der Waals surface area contributed by atoms with Crippen LogP contribution < -0.4 is 4.74 Å². The van der Waals surface area contributed by atoms with Gasteiger partial charge in [0.05, 0.1) is 12.1 Å². The molecule has 7 heteroatoms. The standard InChI is InChI=1S/C21H18ClFN4O/c1-28-21-13(3-2-8-24-21)4-6-17-7-5-14(19(23)27-17)9-15-11-25-20-18(15)10-16(22)12-26-20/h2-3,5,7-8,10-12H,4,6,9H2,1H3,(H,25,26). The summed E-state index contributed by atoms with van der Waals surface area (Å²) < 4.78 is 19.8. The van der Waals surface area contributed by atoms with Crippen LogP contribution in [0.4, 0.5) is 4.39 Å². The minimum atomic E-state index is -0.458. The van der Waals surface area contributed by atoms with Gasteiger partial charge in [-0.1, -0.05) is 23.7 Å². The second kappa shape index (κ2) is 7.94. The highest BCUT2D eigenvalue weighted by atomic mass is 35.5. The molecule has 4 heterocycles. The summed E-state index contributed by atoms with van der Waals surface area (Å²) in [4.78, 5) is 15.6. The summed E-state index contributed by atoms with van der Waals surface area (Å²) >= 11 is 6.03. The summed E-state index contributed by atoms with van der Waals surface area (Å²) in [5.74, 6) is 0.131. The normalized spacial score (nSPS) is 11.1. The summed E-state index contributed by atoms with van der Waals surface area (Å²) in [5, 5.41) is 1.44. The molecular weight excluding hydrogens is 379 g/mol. The van der Waals surface area contributed by atoms with Crippen molar-refractivity contribution < 1.29 is 9.13 Å². The van der Waals surface area contributed by atoms with Crippen molar-refractivity contribution in [2.45, 2.75) is 19.3 Å². The molecule has 0 atom stereocenters. The van der Waals surface area contributed by atoms with Crippen LogP contribution in [0.15, 0.2) is 48.9 Å². The highest BCUT2D eigenvalue weighted by Crippen LogP contribution is 2.23. The first-order valence-electron chi connectivity index (χ1n) is 8.87. The van der Waals surface area contributed by atoms with E-state index in [-0.39, 0.29) is 0 Å². The molecule has 142 valence electrons. The molecule has 0 fully saturated rings. The van der Waals surface area contributed by atoms with Gasteiger partial charge < -0.3 is 9.72 Å². The lowest BCUT2D eigenvalue weighted by atomic mass is 10.0. The van der Waals surface area contributed by atoms with Crippen molar-refractivity contribution in [3.8, 4) is 5.88 Å². The van der Waals surface area contributed by atoms with E-state index in [1.54, 1.807) is 25.6 Å². The Morgan fingerprint density at radius 2 is 2.00 bits per heavy atom. The Kier molecular flexibility index (Phi) is 5.21. The first-order valence-corrected chi connectivity index (χ1v) is 9.25. The maximum Gasteiger partial charge on any atom is 0.216 e. The van der Waals surface area contributed by atoms with Gasteiger partial charge >= 0.3 is 0 Å². The van der Waals surface area contributed by atoms with Crippen molar-refractivity contribution >= 4 is 22.6 Å². The van der Waals surface area contributed by atoms with E-state index in [0.717, 1.165) is 22.2 Å². The molecule has 4 aromatic heterocycles. The van der Waals surface area contributed by atoms with Crippen molar-refractivity contribution in [3.63, 3.8) is 0 Å². The number of hydrogen-bond acceptors (Lipinski definition) is 4. The fourth-order valence-corrected chi connectivity index (χ4v) is 3.37. The van der Waals surface area contributed by atoms with Crippen LogP contribution in [0.5, 0.6) is 5.88 Å². The van der Waals surface area contributed by atoms with Gasteiger partial charge in [-0.2, -0.15) is 4.39 Å². The number of pyridine rings is 3. The number of ether oxygens (including phenoxy) is 1. The lowest BCUT2D eigenvalue weighted by Gasteiger charge is -2.08. The number of nitrogens with zero attached hydrogens (tertiary/aromatic N) is 3. The van der Waals surface area contributed by atoms with Crippen molar-refractivity contribution in [2.75, 3.05) is 7.11 Å². The maximum atomic E-state index is 14.6. The van der Waals surface area contributed by atoms with E-state index in [4.69, 9.17) is 16.3 Å². The van der Waals surface area contributed by atoms with Gasteiger partial charge in [0.25, 0.3) is 0 Å². The van der Waals surface area contributed by atoms with Crippen LogP contribution >= 0.6 is 11.6 Å². The molecule has 0 unspecified atom stereocenters. The summed E-state index contributed by atoms with van der Waals surface area (Å²) in [6, 6.07) is 9.29. The number of methoxy groups -OCH3 is 1. The molecule has 0 bridgehead atoms. The molecule has 4 aromatic rings. The van der Waals surface area contributed by atoms with Gasteiger partial charge in [0.1, 0.15) is 5.65 Å². The smallest absolute Gasteiger partial charge is 0.216 e. The van der Waals surface area contributed by atoms with Crippen LogP contribution in [0.2, 0.25) is 5.02 Å². The number of aryl methyl sites for hydroxylation is 2. The fourth-order valence-electron chi connectivity index (χ4n) is 3.22. The van der Waals surface area contributed by atoms with Crippen LogP contribution in [-0.4, -0.2) is 27.0 Å². The second-order valence-corrected chi connectivity index (χ2v) is 6.90. The van der Waals surface area contributed by atoms with E-state index < -0.39 is 5.95 Å². The predicted molar refractivity (Wildman–Crippen MR) is 106 cm³/mol. The second-order valence-electron chi connectivity index (χ2n) is 6.46. The Bertz CT molecular complexity index is 1130. The van der Waals surface area contributed by atoms with Gasteiger partial charge in [-0.05, 0) is 36.6 Å². The summed E-state index contributed by atoms with van der Waals surface area (Å²) in [6.07, 6.45) is 6.79. The van der Waals surface area contributed by atoms with Crippen LogP contribution in [0.1, 0.15) is 22.4 Å². The number of nitrogens with one attached hydrogen (secondary N) is 1. The first kappa shape index (κ1) is 18.4. The Balaban J connectivity index is 1.50. The Hall–Kier alpha value is -2.99. The van der Waals surface area contributed by atoms with Gasteiger partial charge in [-0.3, -0.25) is 0 Å². The first-order chi connectivity index (χ1) is 13.6. The van der Waals surface area contributed by atoms with E-state index in [1.165, 1.54) is 0 Å². The number of halogens is 2. The zero-order valence-corrected chi connectivity index (χ0v) is 16.0. The molecule has 4 rings (SSSR count). The molecular formula is C21H18ClFN4O. The number of aromatic nitrogens is 4. The monoisotopic (exact) mass is 396 g/mol. The third-order valence-electron chi connectivity index (χ3n) is 4.64. The average molecular weight is 397 g/mol. The molecule has 0 radical (unpaired) electrons. The van der Waals surface area contributed by atoms with E-state index in [2.05, 4.69) is 19.9 Å². The quantitative estimate of drug-likeness (QED) is 0.486. The van der Waals surface area contributed by atoms with Gasteiger partial charge in [-0.15, -0.1) is 0 Å². The van der Waals surface area contributed by atoms with Crippen LogP contribution in [0.3, 0.4) is 0 Å². The number of rotatable bonds is 6. The Morgan fingerprint density at radius 1 is 1.11 bits per heavy atom. The third kappa shape index (κ3) is 3.82. The molecule has 0 aliphatic rings. The Morgan fingerprint density at radius 3 is 2.82 bits per heavy atom. The highest BCUT2D eigenvalue weighted by molar-refractivity contribution is 6.31. The van der Waals surface area contributed by atoms with Crippen molar-refractivity contribution in [3.05, 3.63) is 82.3 Å². The summed E-state index contributed by atoms with van der Waals surface area (Å²) in [5.41, 5.74) is 3.85. The molecule has 0 saturated carbocycles. The van der Waals surface area contributed by atoms with Crippen molar-refractivity contribution in [2.24, 2.45) is 0 Å². The van der Waals surface area contributed by atoms with Crippen LogP contribution in [0.25, 0.3) is 11.0 Å². The zero-order valence-electron chi connectivity index (χ0n) is 15.2. The van der Waals surface area contributed by atoms with E-state index in [9.17, 15) is 4.39 Å². The third-order valence-corrected chi connectivity index (χ3v) is 4.85. The topological polar surface area (TPSA) is 63.7 Å². The zero-order chi connectivity index (χ0) is 19.5. The lowest BCUT2D eigenvalue weighted by Crippen LogP contribution is -2.02. The summed E-state index contributed by atoms with van der Waals surface area (Å²) in [6.45, 7) is 0. The molecule has 0 aliphatic heterocycles. The molecule has 0 spiro atoms. The average Bonchev–Trinajstić information content (AvgIpc) is 3.10. The molecule has 28 heavy (non-hydrogen) atoms. The van der Waals surface area contributed by atoms with Crippen molar-refractivity contribution in [1.29, 1.82) is 0 Å². The molecule has 1 N–H and O–H groups in total. The molecule has 0 amide bonds. The number of hydrogen-bond donors (Lipinski definition) is 1. The largest absolute Gasteiger partial charge is 0.481 e.